The van der Waals surface area contributed by atoms with Crippen molar-refractivity contribution in [1.82, 2.24) is 5.16 Å². The van der Waals surface area contributed by atoms with Crippen molar-refractivity contribution < 1.29 is 4.52 Å². The highest BCUT2D eigenvalue weighted by Gasteiger charge is 2.14. The highest BCUT2D eigenvalue weighted by Crippen LogP contribution is 2.35. The number of rotatable bonds is 2. The summed E-state index contributed by atoms with van der Waals surface area (Å²) in [7, 11) is 0. The SMILES string of the molecule is Nc1cccc(-c2cc(-c3c(Cl)cccc3Cl)no2)c1. The van der Waals surface area contributed by atoms with Crippen LogP contribution >= 0.6 is 23.2 Å². The Balaban J connectivity index is 2.07. The molecule has 0 spiro atoms. The number of nitrogen functional groups attached to an aromatic ring is 1. The monoisotopic (exact) mass is 304 g/mol. The molecule has 0 aliphatic carbocycles. The van der Waals surface area contributed by atoms with Gasteiger partial charge >= 0.3 is 0 Å². The third-order valence-electron chi connectivity index (χ3n) is 2.90. The van der Waals surface area contributed by atoms with Gasteiger partial charge in [-0.3, -0.25) is 0 Å². The first-order valence-electron chi connectivity index (χ1n) is 5.92. The molecule has 0 amide bonds. The zero-order valence-electron chi connectivity index (χ0n) is 10.3. The molecule has 2 N–H and O–H groups in total. The maximum Gasteiger partial charge on any atom is 0.167 e. The summed E-state index contributed by atoms with van der Waals surface area (Å²) in [5.74, 6) is 0.614. The lowest BCUT2D eigenvalue weighted by molar-refractivity contribution is 0.435. The summed E-state index contributed by atoms with van der Waals surface area (Å²) >= 11 is 12.3. The average molecular weight is 305 g/mol. The number of benzene rings is 2. The van der Waals surface area contributed by atoms with Gasteiger partial charge in [-0.2, -0.15) is 0 Å². The van der Waals surface area contributed by atoms with Crippen molar-refractivity contribution >= 4 is 28.9 Å². The lowest BCUT2D eigenvalue weighted by Crippen LogP contribution is -1.83. The van der Waals surface area contributed by atoms with Crippen LogP contribution in [0.1, 0.15) is 0 Å². The van der Waals surface area contributed by atoms with Crippen molar-refractivity contribution in [2.75, 3.05) is 5.73 Å². The van der Waals surface area contributed by atoms with Gasteiger partial charge in [0, 0.05) is 22.9 Å². The summed E-state index contributed by atoms with van der Waals surface area (Å²) in [5, 5.41) is 5.09. The highest BCUT2D eigenvalue weighted by molar-refractivity contribution is 6.39. The fourth-order valence-electron chi connectivity index (χ4n) is 1.96. The Morgan fingerprint density at radius 3 is 2.35 bits per heavy atom. The second-order valence-corrected chi connectivity index (χ2v) is 5.11. The topological polar surface area (TPSA) is 52.0 Å². The quantitative estimate of drug-likeness (QED) is 0.685. The second-order valence-electron chi connectivity index (χ2n) is 4.30. The molecule has 0 atom stereocenters. The number of nitrogens with two attached hydrogens (primary N) is 1. The largest absolute Gasteiger partial charge is 0.399 e. The summed E-state index contributed by atoms with van der Waals surface area (Å²) in [4.78, 5) is 0. The van der Waals surface area contributed by atoms with Gasteiger partial charge in [-0.05, 0) is 24.3 Å². The molecule has 0 aliphatic rings. The van der Waals surface area contributed by atoms with Crippen LogP contribution in [-0.2, 0) is 0 Å². The minimum atomic E-state index is 0.532. The van der Waals surface area contributed by atoms with Gasteiger partial charge < -0.3 is 10.3 Å². The van der Waals surface area contributed by atoms with E-state index in [-0.39, 0.29) is 0 Å². The fourth-order valence-corrected chi connectivity index (χ4v) is 2.55. The Bertz CT molecular complexity index is 748. The third-order valence-corrected chi connectivity index (χ3v) is 3.53. The molecule has 0 saturated heterocycles. The molecule has 0 saturated carbocycles. The molecule has 2 aromatic carbocycles. The van der Waals surface area contributed by atoms with Crippen molar-refractivity contribution in [2.45, 2.75) is 0 Å². The minimum absolute atomic E-state index is 0.532. The molecule has 0 radical (unpaired) electrons. The van der Waals surface area contributed by atoms with Gasteiger partial charge in [0.15, 0.2) is 5.76 Å². The standard InChI is InChI=1S/C15H10Cl2N2O/c16-11-5-2-6-12(17)15(11)13-8-14(20-19-13)9-3-1-4-10(18)7-9/h1-8H,18H2. The first kappa shape index (κ1) is 13.0. The summed E-state index contributed by atoms with van der Waals surface area (Å²) in [6.07, 6.45) is 0. The van der Waals surface area contributed by atoms with Gasteiger partial charge in [0.05, 0.1) is 10.0 Å². The maximum absolute atomic E-state index is 6.16. The van der Waals surface area contributed by atoms with Gasteiger partial charge in [-0.25, -0.2) is 0 Å². The lowest BCUT2D eigenvalue weighted by atomic mass is 10.1. The number of nitrogens with zero attached hydrogens (tertiary/aromatic N) is 1. The van der Waals surface area contributed by atoms with Crippen LogP contribution in [-0.4, -0.2) is 5.16 Å². The molecule has 1 aromatic heterocycles. The molecule has 100 valence electrons. The van der Waals surface area contributed by atoms with Crippen molar-refractivity contribution in [2.24, 2.45) is 0 Å². The second kappa shape index (κ2) is 5.19. The van der Waals surface area contributed by atoms with Crippen LogP contribution in [0.25, 0.3) is 22.6 Å². The Morgan fingerprint density at radius 1 is 0.950 bits per heavy atom. The van der Waals surface area contributed by atoms with Crippen LogP contribution in [0.4, 0.5) is 5.69 Å². The van der Waals surface area contributed by atoms with Crippen molar-refractivity contribution in [3.05, 3.63) is 58.6 Å². The van der Waals surface area contributed by atoms with Crippen LogP contribution in [0, 0.1) is 0 Å². The summed E-state index contributed by atoms with van der Waals surface area (Å²) in [6.45, 7) is 0. The van der Waals surface area contributed by atoms with Crippen LogP contribution < -0.4 is 5.73 Å². The van der Waals surface area contributed by atoms with Gasteiger partial charge in [0.25, 0.3) is 0 Å². The molecule has 3 nitrogen and oxygen atoms in total. The number of hydrogen-bond acceptors (Lipinski definition) is 3. The Hall–Kier alpha value is -1.97. The van der Waals surface area contributed by atoms with Crippen LogP contribution in [0.5, 0.6) is 0 Å². The summed E-state index contributed by atoms with van der Waals surface area (Å²) in [5.41, 5.74) is 8.53. The van der Waals surface area contributed by atoms with E-state index in [2.05, 4.69) is 5.16 Å². The predicted octanol–water partition coefficient (Wildman–Crippen LogP) is 4.90. The molecule has 20 heavy (non-hydrogen) atoms. The zero-order valence-corrected chi connectivity index (χ0v) is 11.8. The number of hydrogen-bond donors (Lipinski definition) is 1. The minimum Gasteiger partial charge on any atom is -0.399 e. The molecule has 0 bridgehead atoms. The van der Waals surface area contributed by atoms with E-state index in [1.807, 2.05) is 24.3 Å². The Labute approximate surface area is 125 Å². The van der Waals surface area contributed by atoms with E-state index in [1.54, 1.807) is 24.3 Å². The molecule has 0 unspecified atom stereocenters. The van der Waals surface area contributed by atoms with E-state index >= 15 is 0 Å². The summed E-state index contributed by atoms with van der Waals surface area (Å²) in [6, 6.07) is 14.5. The molecule has 0 fully saturated rings. The van der Waals surface area contributed by atoms with E-state index in [0.717, 1.165) is 5.56 Å². The normalized spacial score (nSPS) is 10.7. The molecule has 3 rings (SSSR count). The Morgan fingerprint density at radius 2 is 1.65 bits per heavy atom. The fraction of sp³-hybridized carbons (Fsp3) is 0. The molecular weight excluding hydrogens is 295 g/mol. The van der Waals surface area contributed by atoms with E-state index in [0.29, 0.717) is 32.8 Å². The van der Waals surface area contributed by atoms with E-state index in [4.69, 9.17) is 33.5 Å². The van der Waals surface area contributed by atoms with Crippen LogP contribution in [0.2, 0.25) is 10.0 Å². The zero-order chi connectivity index (χ0) is 14.1. The van der Waals surface area contributed by atoms with Crippen molar-refractivity contribution in [3.8, 4) is 22.6 Å². The van der Waals surface area contributed by atoms with Gasteiger partial charge in [-0.15, -0.1) is 0 Å². The van der Waals surface area contributed by atoms with Gasteiger partial charge in [0.1, 0.15) is 5.69 Å². The molecular formula is C15H10Cl2N2O. The first-order valence-corrected chi connectivity index (χ1v) is 6.68. The average Bonchev–Trinajstić information content (AvgIpc) is 2.88. The molecule has 5 heteroatoms. The lowest BCUT2D eigenvalue weighted by Gasteiger charge is -2.01. The first-order chi connectivity index (χ1) is 9.65. The smallest absolute Gasteiger partial charge is 0.167 e. The third kappa shape index (κ3) is 2.38. The van der Waals surface area contributed by atoms with E-state index in [9.17, 15) is 0 Å². The van der Waals surface area contributed by atoms with Crippen molar-refractivity contribution in [3.63, 3.8) is 0 Å². The molecule has 1 heterocycles. The van der Waals surface area contributed by atoms with Gasteiger partial charge in [0.2, 0.25) is 0 Å². The molecule has 3 aromatic rings. The number of anilines is 1. The highest BCUT2D eigenvalue weighted by atomic mass is 35.5. The maximum atomic E-state index is 6.16. The van der Waals surface area contributed by atoms with Crippen LogP contribution in [0.15, 0.2) is 53.1 Å². The predicted molar refractivity (Wildman–Crippen MR) is 81.8 cm³/mol. The molecule has 0 aliphatic heterocycles. The van der Waals surface area contributed by atoms with Crippen molar-refractivity contribution in [1.29, 1.82) is 0 Å². The van der Waals surface area contributed by atoms with Crippen LogP contribution in [0.3, 0.4) is 0 Å². The number of aromatic nitrogens is 1. The van der Waals surface area contributed by atoms with E-state index in [1.165, 1.54) is 0 Å². The number of halogens is 2. The van der Waals surface area contributed by atoms with Gasteiger partial charge in [-0.1, -0.05) is 46.6 Å². The summed E-state index contributed by atoms with van der Waals surface area (Å²) < 4.78 is 5.35. The Kier molecular flexibility index (Phi) is 3.38. The van der Waals surface area contributed by atoms with E-state index < -0.39 is 0 Å².